The van der Waals surface area contributed by atoms with E-state index in [9.17, 15) is 4.79 Å². The highest BCUT2D eigenvalue weighted by Gasteiger charge is 2.49. The Labute approximate surface area is 202 Å². The minimum Gasteiger partial charge on any atom is -0.368 e. The monoisotopic (exact) mass is 475 g/mol. The molecular formula is C25H26ClN7O. The van der Waals surface area contributed by atoms with Gasteiger partial charge < -0.3 is 16.0 Å². The second kappa shape index (κ2) is 8.38. The zero-order valence-corrected chi connectivity index (χ0v) is 20.1. The molecule has 34 heavy (non-hydrogen) atoms. The molecule has 4 aromatic rings. The maximum atomic E-state index is 12.2. The third-order valence-corrected chi connectivity index (χ3v) is 6.57. The fourth-order valence-corrected chi connectivity index (χ4v) is 4.72. The van der Waals surface area contributed by atoms with Crippen molar-refractivity contribution < 1.29 is 4.79 Å². The van der Waals surface area contributed by atoms with Gasteiger partial charge in [-0.1, -0.05) is 66.6 Å². The van der Waals surface area contributed by atoms with Crippen molar-refractivity contribution in [3.63, 3.8) is 0 Å². The predicted octanol–water partition coefficient (Wildman–Crippen LogP) is 3.38. The average molecular weight is 476 g/mol. The van der Waals surface area contributed by atoms with Gasteiger partial charge >= 0.3 is 0 Å². The average Bonchev–Trinajstić information content (AvgIpc) is 3.15. The Morgan fingerprint density at radius 1 is 1.12 bits per heavy atom. The summed E-state index contributed by atoms with van der Waals surface area (Å²) in [6.45, 7) is 7.32. The Kier molecular flexibility index (Phi) is 5.50. The first-order valence-electron chi connectivity index (χ1n) is 11.2. The van der Waals surface area contributed by atoms with Crippen molar-refractivity contribution in [1.29, 1.82) is 0 Å². The van der Waals surface area contributed by atoms with Crippen LogP contribution in [0.15, 0.2) is 48.5 Å². The lowest BCUT2D eigenvalue weighted by Crippen LogP contribution is -2.75. The number of benzene rings is 2. The number of aromatic nitrogens is 4. The molecule has 0 radical (unpaired) electrons. The third-order valence-electron chi connectivity index (χ3n) is 6.24. The van der Waals surface area contributed by atoms with E-state index in [2.05, 4.69) is 41.5 Å². The Morgan fingerprint density at radius 3 is 2.47 bits per heavy atom. The molecule has 0 bridgehead atoms. The summed E-state index contributed by atoms with van der Waals surface area (Å²) >= 11 is 6.59. The van der Waals surface area contributed by atoms with Crippen LogP contribution in [0.4, 0.5) is 5.95 Å². The maximum Gasteiger partial charge on any atom is 0.241 e. The second-order valence-corrected chi connectivity index (χ2v) is 9.12. The summed E-state index contributed by atoms with van der Waals surface area (Å²) in [5.74, 6) is 0.857. The largest absolute Gasteiger partial charge is 0.368 e. The van der Waals surface area contributed by atoms with Gasteiger partial charge in [-0.05, 0) is 32.0 Å². The van der Waals surface area contributed by atoms with E-state index in [-0.39, 0.29) is 5.91 Å². The van der Waals surface area contributed by atoms with Crippen LogP contribution in [0.1, 0.15) is 18.3 Å². The van der Waals surface area contributed by atoms with Gasteiger partial charge in [-0.2, -0.15) is 14.6 Å². The first kappa shape index (κ1) is 22.3. The molecule has 8 nitrogen and oxygen atoms in total. The van der Waals surface area contributed by atoms with Crippen molar-refractivity contribution in [1.82, 2.24) is 24.9 Å². The number of amides is 1. The molecule has 3 N–H and O–H groups in total. The zero-order chi connectivity index (χ0) is 24.0. The first-order valence-corrected chi connectivity index (χ1v) is 11.6. The minimum absolute atomic E-state index is 0.370. The number of primary amides is 1. The minimum atomic E-state index is -0.779. The van der Waals surface area contributed by atoms with Gasteiger partial charge in [0.05, 0.1) is 10.6 Å². The quantitative estimate of drug-likeness (QED) is 0.443. The van der Waals surface area contributed by atoms with Crippen molar-refractivity contribution in [2.75, 3.05) is 24.5 Å². The number of hydrogen-bond acceptors (Lipinski definition) is 6. The summed E-state index contributed by atoms with van der Waals surface area (Å²) in [4.78, 5) is 23.6. The number of carbonyl (C=O) groups is 1. The molecule has 174 valence electrons. The van der Waals surface area contributed by atoms with Crippen LogP contribution < -0.4 is 16.0 Å². The highest BCUT2D eigenvalue weighted by atomic mass is 35.5. The smallest absolute Gasteiger partial charge is 0.241 e. The molecule has 1 saturated heterocycles. The Bertz CT molecular complexity index is 1390. The molecule has 2 aromatic carbocycles. The van der Waals surface area contributed by atoms with Gasteiger partial charge in [-0.15, -0.1) is 0 Å². The van der Waals surface area contributed by atoms with Crippen LogP contribution >= 0.6 is 11.6 Å². The van der Waals surface area contributed by atoms with Crippen molar-refractivity contribution in [3.05, 3.63) is 64.9 Å². The summed E-state index contributed by atoms with van der Waals surface area (Å²) in [5, 5.41) is 8.79. The third kappa shape index (κ3) is 3.59. The Balaban J connectivity index is 1.72. The van der Waals surface area contributed by atoms with E-state index in [0.717, 1.165) is 27.9 Å². The number of aryl methyl sites for hydroxylation is 2. The number of fused-ring (bicyclic) bond motifs is 1. The fourth-order valence-electron chi connectivity index (χ4n) is 4.49. The van der Waals surface area contributed by atoms with Crippen LogP contribution in [0, 0.1) is 13.8 Å². The number of rotatable bonds is 6. The highest BCUT2D eigenvalue weighted by molar-refractivity contribution is 6.33. The normalized spacial score (nSPS) is 14.9. The van der Waals surface area contributed by atoms with Crippen LogP contribution in [-0.4, -0.2) is 50.7 Å². The SMILES string of the molecule is CCNC1(C(N)=O)CN(c2nc(C)nc3c(-c4ccc(C)cc4)c(-c4ccccc4Cl)nn23)C1. The zero-order valence-electron chi connectivity index (χ0n) is 19.3. The van der Waals surface area contributed by atoms with Crippen LogP contribution in [0.25, 0.3) is 28.0 Å². The van der Waals surface area contributed by atoms with E-state index in [1.807, 2.05) is 43.0 Å². The van der Waals surface area contributed by atoms with Crippen LogP contribution in [0.3, 0.4) is 0 Å². The predicted molar refractivity (Wildman–Crippen MR) is 134 cm³/mol. The van der Waals surface area contributed by atoms with Crippen LogP contribution in [0.5, 0.6) is 0 Å². The molecule has 5 rings (SSSR count). The second-order valence-electron chi connectivity index (χ2n) is 8.71. The molecule has 1 aliphatic rings. The van der Waals surface area contributed by atoms with Crippen molar-refractivity contribution in [2.45, 2.75) is 26.3 Å². The number of likely N-dealkylation sites (N-methyl/N-ethyl adjacent to an activating group) is 1. The lowest BCUT2D eigenvalue weighted by Gasteiger charge is -2.48. The number of nitrogens with two attached hydrogens (primary N) is 1. The molecule has 1 amide bonds. The van der Waals surface area contributed by atoms with E-state index < -0.39 is 5.54 Å². The summed E-state index contributed by atoms with van der Waals surface area (Å²) in [6, 6.07) is 15.9. The van der Waals surface area contributed by atoms with E-state index in [1.54, 1.807) is 4.52 Å². The molecule has 3 heterocycles. The van der Waals surface area contributed by atoms with Gasteiger partial charge in [0.1, 0.15) is 17.1 Å². The highest BCUT2D eigenvalue weighted by Crippen LogP contribution is 2.39. The molecule has 1 aliphatic heterocycles. The molecule has 2 aromatic heterocycles. The van der Waals surface area contributed by atoms with Gasteiger partial charge in [0.15, 0.2) is 5.65 Å². The molecule has 0 atom stereocenters. The molecule has 0 aliphatic carbocycles. The molecule has 1 fully saturated rings. The maximum absolute atomic E-state index is 12.2. The van der Waals surface area contributed by atoms with E-state index in [1.165, 1.54) is 0 Å². The molecule has 0 unspecified atom stereocenters. The molecular weight excluding hydrogens is 450 g/mol. The molecule has 9 heteroatoms. The van der Waals surface area contributed by atoms with E-state index in [4.69, 9.17) is 27.4 Å². The van der Waals surface area contributed by atoms with Crippen molar-refractivity contribution in [3.8, 4) is 22.4 Å². The fraction of sp³-hybridized carbons (Fsp3) is 0.280. The molecule has 0 saturated carbocycles. The molecule has 0 spiro atoms. The lowest BCUT2D eigenvalue weighted by atomic mass is 9.89. The van der Waals surface area contributed by atoms with Crippen LogP contribution in [0.2, 0.25) is 5.02 Å². The Hall–Kier alpha value is -3.49. The van der Waals surface area contributed by atoms with Gasteiger partial charge in [-0.25, -0.2) is 4.98 Å². The summed E-state index contributed by atoms with van der Waals surface area (Å²) in [6.07, 6.45) is 0. The topological polar surface area (TPSA) is 101 Å². The van der Waals surface area contributed by atoms with Crippen molar-refractivity contribution >= 4 is 29.1 Å². The lowest BCUT2D eigenvalue weighted by molar-refractivity contribution is -0.125. The first-order chi connectivity index (χ1) is 16.3. The standard InChI is InChI=1S/C25H26ClN7O/c1-4-28-25(23(27)34)13-32(14-25)24-30-16(3)29-22-20(17-11-9-15(2)10-12-17)21(31-33(22)24)18-7-5-6-8-19(18)26/h5-12,28H,4,13-14H2,1-3H3,(H2,27,34). The number of carbonyl (C=O) groups excluding carboxylic acids is 1. The number of nitrogens with one attached hydrogen (secondary N) is 1. The van der Waals surface area contributed by atoms with Crippen LogP contribution in [-0.2, 0) is 4.79 Å². The number of nitrogens with zero attached hydrogens (tertiary/aromatic N) is 5. The summed E-state index contributed by atoms with van der Waals surface area (Å²) in [5.41, 5.74) is 10.2. The number of halogens is 1. The van der Waals surface area contributed by atoms with Gasteiger partial charge in [0.25, 0.3) is 0 Å². The van der Waals surface area contributed by atoms with Crippen molar-refractivity contribution in [2.24, 2.45) is 5.73 Å². The summed E-state index contributed by atoms with van der Waals surface area (Å²) < 4.78 is 1.75. The van der Waals surface area contributed by atoms with E-state index >= 15 is 0 Å². The number of anilines is 1. The van der Waals surface area contributed by atoms with E-state index in [0.29, 0.717) is 42.1 Å². The van der Waals surface area contributed by atoms with Gasteiger partial charge in [0.2, 0.25) is 11.9 Å². The Morgan fingerprint density at radius 2 is 1.82 bits per heavy atom. The number of hydrogen-bond donors (Lipinski definition) is 2. The van der Waals surface area contributed by atoms with Gasteiger partial charge in [-0.3, -0.25) is 4.79 Å². The van der Waals surface area contributed by atoms with Gasteiger partial charge in [0, 0.05) is 18.7 Å². The summed E-state index contributed by atoms with van der Waals surface area (Å²) in [7, 11) is 0.